The number of nitrogens with zero attached hydrogens (tertiary/aromatic N) is 3. The number of rotatable bonds is 9. The van der Waals surface area contributed by atoms with Crippen molar-refractivity contribution in [2.24, 2.45) is 4.99 Å². The molecule has 7 nitrogen and oxygen atoms in total. The minimum atomic E-state index is 0.579. The molecule has 7 heteroatoms. The van der Waals surface area contributed by atoms with Gasteiger partial charge in [0, 0.05) is 26.2 Å². The molecule has 152 valence electrons. The van der Waals surface area contributed by atoms with Gasteiger partial charge in [-0.2, -0.15) is 0 Å². The van der Waals surface area contributed by atoms with Gasteiger partial charge in [-0.3, -0.25) is 4.99 Å². The van der Waals surface area contributed by atoms with E-state index in [0.29, 0.717) is 13.2 Å². The van der Waals surface area contributed by atoms with Crippen LogP contribution in [0.2, 0.25) is 0 Å². The normalized spacial score (nSPS) is 16.6. The fraction of sp³-hybridized carbons (Fsp3) is 0.650. The van der Waals surface area contributed by atoms with Gasteiger partial charge in [0.05, 0.1) is 20.2 Å². The third-order valence-corrected chi connectivity index (χ3v) is 4.57. The summed E-state index contributed by atoms with van der Waals surface area (Å²) in [6, 6.07) is 7.62. The minimum Gasteiger partial charge on any atom is -0.497 e. The van der Waals surface area contributed by atoms with E-state index in [9.17, 15) is 0 Å². The smallest absolute Gasteiger partial charge is 0.191 e. The maximum Gasteiger partial charge on any atom is 0.191 e. The zero-order valence-electron chi connectivity index (χ0n) is 17.0. The van der Waals surface area contributed by atoms with E-state index in [-0.39, 0.29) is 0 Å². The van der Waals surface area contributed by atoms with Crippen LogP contribution in [0.1, 0.15) is 13.3 Å². The van der Waals surface area contributed by atoms with E-state index < -0.39 is 0 Å². The summed E-state index contributed by atoms with van der Waals surface area (Å²) in [6.07, 6.45) is 1.24. The monoisotopic (exact) mass is 377 g/mol. The Morgan fingerprint density at radius 3 is 2.59 bits per heavy atom. The van der Waals surface area contributed by atoms with E-state index in [1.807, 2.05) is 24.3 Å². The quantitative estimate of drug-likeness (QED) is 0.384. The molecule has 1 fully saturated rings. The lowest BCUT2D eigenvalue weighted by molar-refractivity contribution is 0.283. The van der Waals surface area contributed by atoms with Crippen LogP contribution in [0.4, 0.5) is 0 Å². The highest BCUT2D eigenvalue weighted by Crippen LogP contribution is 2.16. The zero-order valence-corrected chi connectivity index (χ0v) is 17.0. The van der Waals surface area contributed by atoms with Crippen LogP contribution in [-0.4, -0.2) is 88.9 Å². The van der Waals surface area contributed by atoms with E-state index >= 15 is 0 Å². The molecule has 0 aliphatic carbocycles. The number of hydrogen-bond acceptors (Lipinski definition) is 5. The lowest BCUT2D eigenvalue weighted by Gasteiger charge is -2.19. The second-order valence-electron chi connectivity index (χ2n) is 6.71. The van der Waals surface area contributed by atoms with Crippen LogP contribution in [0.15, 0.2) is 29.3 Å². The molecule has 1 heterocycles. The number of likely N-dealkylation sites (N-methyl/N-ethyl adjacent to an activating group) is 1. The van der Waals surface area contributed by atoms with Crippen LogP contribution in [0.3, 0.4) is 0 Å². The van der Waals surface area contributed by atoms with Gasteiger partial charge in [0.15, 0.2) is 5.96 Å². The van der Waals surface area contributed by atoms with Crippen molar-refractivity contribution in [3.63, 3.8) is 0 Å². The topological polar surface area (TPSA) is 61.4 Å². The molecule has 1 saturated heterocycles. The van der Waals surface area contributed by atoms with Gasteiger partial charge in [-0.15, -0.1) is 0 Å². The van der Waals surface area contributed by atoms with E-state index in [2.05, 4.69) is 34.4 Å². The third kappa shape index (κ3) is 8.49. The van der Waals surface area contributed by atoms with Crippen molar-refractivity contribution in [1.29, 1.82) is 0 Å². The molecule has 27 heavy (non-hydrogen) atoms. The molecule has 1 aliphatic heterocycles. The highest BCUT2D eigenvalue weighted by Gasteiger charge is 2.11. The Morgan fingerprint density at radius 1 is 1.07 bits per heavy atom. The lowest BCUT2D eigenvalue weighted by atomic mass is 10.3. The molecule has 0 atom stereocenters. The minimum absolute atomic E-state index is 0.579. The molecule has 0 saturated carbocycles. The van der Waals surface area contributed by atoms with Crippen molar-refractivity contribution in [2.75, 3.05) is 73.1 Å². The Kier molecular flexibility index (Phi) is 9.79. The van der Waals surface area contributed by atoms with Gasteiger partial charge < -0.3 is 29.9 Å². The van der Waals surface area contributed by atoms with E-state index in [4.69, 9.17) is 14.5 Å². The first-order chi connectivity index (χ1) is 13.2. The molecule has 0 amide bonds. The average Bonchev–Trinajstić information content (AvgIpc) is 2.90. The fourth-order valence-electron chi connectivity index (χ4n) is 2.98. The number of aliphatic imine (C=N–C) groups is 1. The average molecular weight is 378 g/mol. The van der Waals surface area contributed by atoms with Crippen LogP contribution >= 0.6 is 0 Å². The standard InChI is InChI=1S/C20H35N5O2/c1-4-21-20(22-10-14-25-13-5-12-24(2)15-16-25)23-11-17-27-19-8-6-18(26-3)7-9-19/h6-9H,4-5,10-17H2,1-3H3,(H2,21,22,23). The van der Waals surface area contributed by atoms with E-state index in [0.717, 1.165) is 50.2 Å². The summed E-state index contributed by atoms with van der Waals surface area (Å²) in [7, 11) is 3.86. The fourth-order valence-corrected chi connectivity index (χ4v) is 2.98. The van der Waals surface area contributed by atoms with E-state index in [1.165, 1.54) is 19.5 Å². The van der Waals surface area contributed by atoms with Gasteiger partial charge in [0.2, 0.25) is 0 Å². The number of guanidine groups is 1. The predicted molar refractivity (Wildman–Crippen MR) is 111 cm³/mol. The summed E-state index contributed by atoms with van der Waals surface area (Å²) >= 11 is 0. The Labute approximate surface area is 163 Å². The van der Waals surface area contributed by atoms with E-state index in [1.54, 1.807) is 7.11 Å². The first-order valence-corrected chi connectivity index (χ1v) is 9.91. The first kappa shape index (κ1) is 21.3. The molecule has 0 radical (unpaired) electrons. The van der Waals surface area contributed by atoms with Crippen LogP contribution < -0.4 is 20.1 Å². The number of methoxy groups -OCH3 is 1. The molecular weight excluding hydrogens is 342 g/mol. The highest BCUT2D eigenvalue weighted by atomic mass is 16.5. The molecule has 1 aliphatic rings. The summed E-state index contributed by atoms with van der Waals surface area (Å²) in [6.45, 7) is 10.6. The largest absolute Gasteiger partial charge is 0.497 e. The Morgan fingerprint density at radius 2 is 1.85 bits per heavy atom. The summed E-state index contributed by atoms with van der Waals surface area (Å²) in [5, 5.41) is 6.63. The SMILES string of the molecule is CCNC(=NCCN1CCCN(C)CC1)NCCOc1ccc(OC)cc1. The Bertz CT molecular complexity index is 550. The first-order valence-electron chi connectivity index (χ1n) is 9.91. The van der Waals surface area contributed by atoms with Gasteiger partial charge in [-0.05, 0) is 57.7 Å². The summed E-state index contributed by atoms with van der Waals surface area (Å²) < 4.78 is 10.9. The van der Waals surface area contributed by atoms with Gasteiger partial charge in [0.25, 0.3) is 0 Å². The third-order valence-electron chi connectivity index (χ3n) is 4.57. The van der Waals surface area contributed by atoms with Crippen molar-refractivity contribution in [3.8, 4) is 11.5 Å². The van der Waals surface area contributed by atoms with Crippen LogP contribution in [0.5, 0.6) is 11.5 Å². The maximum atomic E-state index is 5.74. The predicted octanol–water partition coefficient (Wildman–Crippen LogP) is 1.27. The Hall–Kier alpha value is -1.99. The van der Waals surface area contributed by atoms with Crippen molar-refractivity contribution in [1.82, 2.24) is 20.4 Å². The van der Waals surface area contributed by atoms with Crippen molar-refractivity contribution < 1.29 is 9.47 Å². The lowest BCUT2D eigenvalue weighted by Crippen LogP contribution is -2.40. The molecule has 0 aromatic heterocycles. The molecule has 2 rings (SSSR count). The zero-order chi connectivity index (χ0) is 19.3. The second kappa shape index (κ2) is 12.4. The number of ether oxygens (including phenoxy) is 2. The Balaban J connectivity index is 1.67. The number of benzene rings is 1. The van der Waals surface area contributed by atoms with Gasteiger partial charge in [-0.1, -0.05) is 0 Å². The number of nitrogens with one attached hydrogen (secondary N) is 2. The molecular formula is C20H35N5O2. The highest BCUT2D eigenvalue weighted by molar-refractivity contribution is 5.79. The van der Waals surface area contributed by atoms with Crippen molar-refractivity contribution in [2.45, 2.75) is 13.3 Å². The molecule has 0 spiro atoms. The molecule has 2 N–H and O–H groups in total. The van der Waals surface area contributed by atoms with Crippen LogP contribution in [0, 0.1) is 0 Å². The van der Waals surface area contributed by atoms with Gasteiger partial charge in [0.1, 0.15) is 18.1 Å². The summed E-state index contributed by atoms with van der Waals surface area (Å²) in [5.41, 5.74) is 0. The number of hydrogen-bond donors (Lipinski definition) is 2. The summed E-state index contributed by atoms with van der Waals surface area (Å²) in [5.74, 6) is 2.52. The maximum absolute atomic E-state index is 5.74. The van der Waals surface area contributed by atoms with Crippen LogP contribution in [-0.2, 0) is 0 Å². The van der Waals surface area contributed by atoms with Gasteiger partial charge in [-0.25, -0.2) is 0 Å². The van der Waals surface area contributed by atoms with Crippen molar-refractivity contribution in [3.05, 3.63) is 24.3 Å². The summed E-state index contributed by atoms with van der Waals surface area (Å²) in [4.78, 5) is 9.60. The molecule has 0 unspecified atom stereocenters. The second-order valence-corrected chi connectivity index (χ2v) is 6.71. The van der Waals surface area contributed by atoms with Gasteiger partial charge >= 0.3 is 0 Å². The molecule has 0 bridgehead atoms. The van der Waals surface area contributed by atoms with Crippen LogP contribution in [0.25, 0.3) is 0 Å². The molecule has 1 aromatic carbocycles. The molecule has 1 aromatic rings. The van der Waals surface area contributed by atoms with Crippen molar-refractivity contribution >= 4 is 5.96 Å².